The number of nitrogens with two attached hydrogens (primary N) is 1. The summed E-state index contributed by atoms with van der Waals surface area (Å²) in [7, 11) is 1.72. The number of hydrogen-bond acceptors (Lipinski definition) is 3. The third-order valence-corrected chi connectivity index (χ3v) is 3.98. The topological polar surface area (TPSA) is 35.2 Å². The van der Waals surface area contributed by atoms with Crippen molar-refractivity contribution >= 4 is 11.3 Å². The third-order valence-electron chi connectivity index (χ3n) is 2.66. The van der Waals surface area contributed by atoms with Gasteiger partial charge in [-0.3, -0.25) is 0 Å². The van der Waals surface area contributed by atoms with Crippen LogP contribution in [0.1, 0.15) is 23.4 Å². The third kappa shape index (κ3) is 2.75. The molecule has 0 fully saturated rings. The van der Waals surface area contributed by atoms with Gasteiger partial charge in [0.2, 0.25) is 0 Å². The van der Waals surface area contributed by atoms with Gasteiger partial charge in [-0.1, -0.05) is 24.3 Å². The average Bonchev–Trinajstić information content (AvgIpc) is 2.79. The molecule has 0 radical (unpaired) electrons. The zero-order valence-electron chi connectivity index (χ0n) is 10.1. The molecule has 0 saturated carbocycles. The van der Waals surface area contributed by atoms with Gasteiger partial charge in [0.25, 0.3) is 0 Å². The Hall–Kier alpha value is -1.16. The second kappa shape index (κ2) is 5.45. The first kappa shape index (κ1) is 12.3. The van der Waals surface area contributed by atoms with Gasteiger partial charge in [0.1, 0.15) is 0 Å². The Morgan fingerprint density at radius 2 is 2.00 bits per heavy atom. The summed E-state index contributed by atoms with van der Waals surface area (Å²) in [5.74, 6) is 0. The van der Waals surface area contributed by atoms with Crippen LogP contribution < -0.4 is 5.73 Å². The fourth-order valence-electron chi connectivity index (χ4n) is 1.78. The maximum atomic E-state index is 5.89. The second-order valence-corrected chi connectivity index (χ2v) is 5.20. The van der Waals surface area contributed by atoms with Gasteiger partial charge < -0.3 is 10.5 Å². The summed E-state index contributed by atoms with van der Waals surface area (Å²) in [6, 6.07) is 12.7. The van der Waals surface area contributed by atoms with Crippen LogP contribution in [0.2, 0.25) is 0 Å². The van der Waals surface area contributed by atoms with E-state index in [9.17, 15) is 0 Å². The number of thiophene rings is 1. The second-order valence-electron chi connectivity index (χ2n) is 4.08. The van der Waals surface area contributed by atoms with Crippen LogP contribution in [-0.4, -0.2) is 7.11 Å². The highest BCUT2D eigenvalue weighted by atomic mass is 32.1. The molecule has 3 heteroatoms. The van der Waals surface area contributed by atoms with Crippen molar-refractivity contribution in [3.8, 4) is 10.4 Å². The standard InChI is InChI=1S/C14H17NOS/c1-10(15)13-7-8-14(17-13)12-6-4-3-5-11(12)9-16-2/h3-8,10H,9,15H2,1-2H3. The van der Waals surface area contributed by atoms with E-state index in [1.807, 2.05) is 13.0 Å². The Balaban J connectivity index is 2.38. The van der Waals surface area contributed by atoms with Gasteiger partial charge in [-0.05, 0) is 30.2 Å². The lowest BCUT2D eigenvalue weighted by Crippen LogP contribution is -2.01. The van der Waals surface area contributed by atoms with Crippen LogP contribution in [0.15, 0.2) is 36.4 Å². The van der Waals surface area contributed by atoms with Crippen molar-refractivity contribution < 1.29 is 4.74 Å². The molecule has 90 valence electrons. The predicted octanol–water partition coefficient (Wildman–Crippen LogP) is 3.58. The number of ether oxygens (including phenoxy) is 1. The van der Waals surface area contributed by atoms with Crippen LogP contribution in [0.25, 0.3) is 10.4 Å². The van der Waals surface area contributed by atoms with E-state index in [-0.39, 0.29) is 6.04 Å². The van der Waals surface area contributed by atoms with Crippen molar-refractivity contribution in [1.29, 1.82) is 0 Å². The lowest BCUT2D eigenvalue weighted by molar-refractivity contribution is 0.185. The molecule has 2 nitrogen and oxygen atoms in total. The first-order chi connectivity index (χ1) is 8.22. The Bertz CT molecular complexity index is 490. The van der Waals surface area contributed by atoms with Crippen molar-refractivity contribution in [3.63, 3.8) is 0 Å². The predicted molar refractivity (Wildman–Crippen MR) is 73.1 cm³/mol. The first-order valence-electron chi connectivity index (χ1n) is 5.65. The Morgan fingerprint density at radius 1 is 1.24 bits per heavy atom. The van der Waals surface area contributed by atoms with Gasteiger partial charge in [-0.15, -0.1) is 11.3 Å². The molecule has 17 heavy (non-hydrogen) atoms. The van der Waals surface area contributed by atoms with Crippen molar-refractivity contribution in [2.75, 3.05) is 7.11 Å². The molecule has 1 atom stereocenters. The molecule has 2 aromatic rings. The highest BCUT2D eigenvalue weighted by Crippen LogP contribution is 2.32. The van der Waals surface area contributed by atoms with Crippen LogP contribution >= 0.6 is 11.3 Å². The molecule has 2 rings (SSSR count). The molecule has 1 heterocycles. The minimum atomic E-state index is 0.100. The molecular formula is C14H17NOS. The lowest BCUT2D eigenvalue weighted by Gasteiger charge is -2.06. The van der Waals surface area contributed by atoms with Gasteiger partial charge in [0, 0.05) is 22.9 Å². The zero-order valence-corrected chi connectivity index (χ0v) is 11.0. The van der Waals surface area contributed by atoms with Crippen molar-refractivity contribution in [3.05, 3.63) is 46.8 Å². The summed E-state index contributed by atoms with van der Waals surface area (Å²) in [6.07, 6.45) is 0. The largest absolute Gasteiger partial charge is 0.380 e. The average molecular weight is 247 g/mol. The fourth-order valence-corrected chi connectivity index (χ4v) is 2.81. The molecule has 1 aromatic heterocycles. The normalized spacial score (nSPS) is 12.6. The molecule has 0 saturated heterocycles. The minimum Gasteiger partial charge on any atom is -0.380 e. The summed E-state index contributed by atoms with van der Waals surface area (Å²) in [6.45, 7) is 2.65. The molecule has 0 aliphatic rings. The number of hydrogen-bond donors (Lipinski definition) is 1. The molecule has 1 aromatic carbocycles. The summed E-state index contributed by atoms with van der Waals surface area (Å²) in [5, 5.41) is 0. The van der Waals surface area contributed by atoms with Gasteiger partial charge in [0.15, 0.2) is 0 Å². The number of methoxy groups -OCH3 is 1. The van der Waals surface area contributed by atoms with E-state index in [0.29, 0.717) is 6.61 Å². The van der Waals surface area contributed by atoms with Gasteiger partial charge >= 0.3 is 0 Å². The van der Waals surface area contributed by atoms with Crippen LogP contribution in [0, 0.1) is 0 Å². The summed E-state index contributed by atoms with van der Waals surface area (Å²) < 4.78 is 5.22. The van der Waals surface area contributed by atoms with Gasteiger partial charge in [-0.2, -0.15) is 0 Å². The number of rotatable bonds is 4. The van der Waals surface area contributed by atoms with Crippen LogP contribution in [0.5, 0.6) is 0 Å². The molecule has 0 spiro atoms. The molecular weight excluding hydrogens is 230 g/mol. The minimum absolute atomic E-state index is 0.100. The summed E-state index contributed by atoms with van der Waals surface area (Å²) in [4.78, 5) is 2.47. The maximum absolute atomic E-state index is 5.89. The fraction of sp³-hybridized carbons (Fsp3) is 0.286. The van der Waals surface area contributed by atoms with Crippen LogP contribution in [0.4, 0.5) is 0 Å². The molecule has 0 aliphatic heterocycles. The van der Waals surface area contributed by atoms with E-state index in [1.54, 1.807) is 18.4 Å². The van der Waals surface area contributed by atoms with E-state index >= 15 is 0 Å². The van der Waals surface area contributed by atoms with Gasteiger partial charge in [-0.25, -0.2) is 0 Å². The first-order valence-corrected chi connectivity index (χ1v) is 6.46. The van der Waals surface area contributed by atoms with Crippen molar-refractivity contribution in [2.45, 2.75) is 19.6 Å². The van der Waals surface area contributed by atoms with E-state index in [4.69, 9.17) is 10.5 Å². The summed E-state index contributed by atoms with van der Waals surface area (Å²) in [5.41, 5.74) is 8.35. The monoisotopic (exact) mass is 247 g/mol. The van der Waals surface area contributed by atoms with Crippen molar-refractivity contribution in [2.24, 2.45) is 5.73 Å². The highest BCUT2D eigenvalue weighted by Gasteiger charge is 2.09. The Labute approximate surface area is 106 Å². The Morgan fingerprint density at radius 3 is 2.65 bits per heavy atom. The highest BCUT2D eigenvalue weighted by molar-refractivity contribution is 7.15. The SMILES string of the molecule is COCc1ccccc1-c1ccc(C(C)N)s1. The van der Waals surface area contributed by atoms with Crippen LogP contribution in [-0.2, 0) is 11.3 Å². The molecule has 0 aliphatic carbocycles. The maximum Gasteiger partial charge on any atom is 0.0719 e. The van der Waals surface area contributed by atoms with E-state index in [1.165, 1.54) is 20.9 Å². The van der Waals surface area contributed by atoms with E-state index in [2.05, 4.69) is 30.3 Å². The van der Waals surface area contributed by atoms with E-state index in [0.717, 1.165) is 0 Å². The molecule has 0 amide bonds. The molecule has 2 N–H and O–H groups in total. The van der Waals surface area contributed by atoms with E-state index < -0.39 is 0 Å². The van der Waals surface area contributed by atoms with Crippen LogP contribution in [0.3, 0.4) is 0 Å². The molecule has 1 unspecified atom stereocenters. The molecule has 0 bridgehead atoms. The van der Waals surface area contributed by atoms with Crippen molar-refractivity contribution in [1.82, 2.24) is 0 Å². The summed E-state index contributed by atoms with van der Waals surface area (Å²) >= 11 is 1.75. The zero-order chi connectivity index (χ0) is 12.3. The van der Waals surface area contributed by atoms with Gasteiger partial charge in [0.05, 0.1) is 6.61 Å². The number of benzene rings is 1. The smallest absolute Gasteiger partial charge is 0.0719 e. The lowest BCUT2D eigenvalue weighted by atomic mass is 10.1. The Kier molecular flexibility index (Phi) is 3.94. The quantitative estimate of drug-likeness (QED) is 0.896.